The van der Waals surface area contributed by atoms with Crippen molar-refractivity contribution in [3.05, 3.63) is 98.2 Å². The number of allylic oxidation sites excluding steroid dienone is 2. The Labute approximate surface area is 314 Å². The van der Waals surface area contributed by atoms with Crippen molar-refractivity contribution < 1.29 is 63.3 Å². The van der Waals surface area contributed by atoms with Gasteiger partial charge in [-0.3, -0.25) is 24.0 Å². The van der Waals surface area contributed by atoms with Gasteiger partial charge in [-0.15, -0.1) is 0 Å². The molecule has 1 heterocycles. The minimum atomic E-state index is -1.50. The first-order chi connectivity index (χ1) is 26.2. The highest BCUT2D eigenvalue weighted by molar-refractivity contribution is 6.29. The van der Waals surface area contributed by atoms with Crippen molar-refractivity contribution in [3.63, 3.8) is 0 Å². The molecule has 4 aliphatic rings. The molecule has 0 spiro atoms. The van der Waals surface area contributed by atoms with Gasteiger partial charge >= 0.3 is 0 Å². The van der Waals surface area contributed by atoms with Crippen LogP contribution in [0.4, 0.5) is 0 Å². The molecule has 1 aliphatic heterocycles. The first-order valence-electron chi connectivity index (χ1n) is 17.6. The Morgan fingerprint density at radius 1 is 0.909 bits per heavy atom. The lowest BCUT2D eigenvalue weighted by atomic mass is 9.62. The molecule has 55 heavy (non-hydrogen) atoms. The molecule has 1 amide bonds. The number of carbonyl (C=O) groups excluding carboxylic acids is 5. The first kappa shape index (κ1) is 37.8. The fourth-order valence-corrected chi connectivity index (χ4v) is 8.37. The average Bonchev–Trinajstić information content (AvgIpc) is 3.14. The van der Waals surface area contributed by atoms with E-state index in [1.165, 1.54) is 21.3 Å². The summed E-state index contributed by atoms with van der Waals surface area (Å²) in [6, 6.07) is 9.61. The topological polar surface area (TPSA) is 227 Å². The van der Waals surface area contributed by atoms with Gasteiger partial charge in [0.15, 0.2) is 23.6 Å². The van der Waals surface area contributed by atoms with Crippen molar-refractivity contribution in [3.8, 4) is 17.2 Å². The fraction of sp³-hybridized carbons (Fsp3) is 0.375. The highest BCUT2D eigenvalue weighted by Crippen LogP contribution is 2.51. The molecular formula is C40H40N2O13. The normalized spacial score (nSPS) is 27.0. The molecule has 288 valence electrons. The summed E-state index contributed by atoms with van der Waals surface area (Å²) in [5.41, 5.74) is -0.800. The monoisotopic (exact) mass is 756 g/mol. The van der Waals surface area contributed by atoms with Gasteiger partial charge in [0.2, 0.25) is 5.78 Å². The van der Waals surface area contributed by atoms with E-state index in [2.05, 4.69) is 10.6 Å². The van der Waals surface area contributed by atoms with Crippen LogP contribution in [0.25, 0.3) is 0 Å². The van der Waals surface area contributed by atoms with Gasteiger partial charge < -0.3 is 50.0 Å². The number of aliphatic hydroxyl groups is 2. The number of rotatable bonds is 8. The number of benzene rings is 3. The van der Waals surface area contributed by atoms with E-state index >= 15 is 0 Å². The molecule has 1 fully saturated rings. The quantitative estimate of drug-likeness (QED) is 0.193. The number of fused-ring (bicyclic) bond motifs is 5. The molecule has 0 radical (unpaired) electrons. The third kappa shape index (κ3) is 6.08. The number of aromatic hydroxyl groups is 2. The minimum Gasteiger partial charge on any atom is -0.507 e. The number of phenolic OH excluding ortho intramolecular Hbond substituents is 2. The van der Waals surface area contributed by atoms with Gasteiger partial charge in [0.25, 0.3) is 5.91 Å². The molecule has 0 aromatic heterocycles. The maximum atomic E-state index is 14.5. The Kier molecular flexibility index (Phi) is 9.86. The second kappa shape index (κ2) is 14.3. The average molecular weight is 757 g/mol. The Morgan fingerprint density at radius 3 is 2.25 bits per heavy atom. The van der Waals surface area contributed by atoms with Crippen molar-refractivity contribution in [2.45, 2.75) is 69.5 Å². The molecule has 3 aromatic carbocycles. The van der Waals surface area contributed by atoms with Gasteiger partial charge in [-0.1, -0.05) is 18.2 Å². The summed E-state index contributed by atoms with van der Waals surface area (Å²) in [6.07, 6.45) is -5.44. The van der Waals surface area contributed by atoms with Gasteiger partial charge in [0.1, 0.15) is 35.6 Å². The summed E-state index contributed by atoms with van der Waals surface area (Å²) in [5.74, 6) is -7.80. The highest BCUT2D eigenvalue weighted by Gasteiger charge is 2.53. The minimum absolute atomic E-state index is 0.0246. The van der Waals surface area contributed by atoms with E-state index in [0.29, 0.717) is 16.9 Å². The number of amides is 1. The van der Waals surface area contributed by atoms with E-state index in [4.69, 9.17) is 18.9 Å². The van der Waals surface area contributed by atoms with Crippen LogP contribution in [0, 0.1) is 12.8 Å². The number of Topliss-reactive ketones (excluding diaryl/α,β-unsaturated/α-hetero) is 3. The lowest BCUT2D eigenvalue weighted by Crippen LogP contribution is -2.62. The van der Waals surface area contributed by atoms with E-state index in [9.17, 15) is 44.4 Å². The van der Waals surface area contributed by atoms with Crippen molar-refractivity contribution in [1.29, 1.82) is 0 Å². The zero-order chi connectivity index (χ0) is 39.6. The number of aliphatic hydroxyl groups excluding tert-OH is 2. The van der Waals surface area contributed by atoms with Crippen LogP contribution in [0.3, 0.4) is 0 Å². The second-order valence-corrected chi connectivity index (χ2v) is 14.1. The third-order valence-electron chi connectivity index (χ3n) is 11.0. The maximum absolute atomic E-state index is 14.5. The number of ketones is 4. The Bertz CT molecular complexity index is 2180. The molecular weight excluding hydrogens is 716 g/mol. The third-order valence-corrected chi connectivity index (χ3v) is 11.0. The second-order valence-electron chi connectivity index (χ2n) is 14.1. The summed E-state index contributed by atoms with van der Waals surface area (Å²) in [5, 5.41) is 50.9. The molecule has 3 aliphatic carbocycles. The molecule has 6 N–H and O–H groups in total. The zero-order valence-electron chi connectivity index (χ0n) is 30.5. The van der Waals surface area contributed by atoms with E-state index in [1.54, 1.807) is 44.2 Å². The number of hydrogen-bond acceptors (Lipinski definition) is 14. The summed E-state index contributed by atoms with van der Waals surface area (Å²) in [6.45, 7) is 3.34. The predicted molar refractivity (Wildman–Crippen MR) is 192 cm³/mol. The van der Waals surface area contributed by atoms with E-state index in [-0.39, 0.29) is 35.4 Å². The SMILES string of the molecule is COc1ccc(CNC(=O)c2c(C)cc3c(c2O)C2C(=O)c4cc5c(c(O)c4C(=O)C2[C@H](O)C3)C(=O)C=C(N[C@H]2O[C@@H](C)[C@H](OC)[C@@H](O)[C@H]2OC)C5=O)cc1. The summed E-state index contributed by atoms with van der Waals surface area (Å²) < 4.78 is 21.8. The lowest BCUT2D eigenvalue weighted by molar-refractivity contribution is -0.236. The van der Waals surface area contributed by atoms with Gasteiger partial charge in [-0.05, 0) is 55.2 Å². The molecule has 1 saturated heterocycles. The fourth-order valence-electron chi connectivity index (χ4n) is 8.37. The molecule has 15 nitrogen and oxygen atoms in total. The summed E-state index contributed by atoms with van der Waals surface area (Å²) in [7, 11) is 4.25. The Hall–Kier alpha value is -5.45. The van der Waals surface area contributed by atoms with Gasteiger partial charge in [-0.2, -0.15) is 0 Å². The molecule has 0 saturated carbocycles. The number of methoxy groups -OCH3 is 3. The number of carbonyl (C=O) groups is 5. The van der Waals surface area contributed by atoms with Gasteiger partial charge in [0, 0.05) is 43.5 Å². The van der Waals surface area contributed by atoms with Crippen LogP contribution in [0.5, 0.6) is 17.2 Å². The van der Waals surface area contributed by atoms with Crippen LogP contribution in [0.2, 0.25) is 0 Å². The van der Waals surface area contributed by atoms with Gasteiger partial charge in [0.05, 0.1) is 53.5 Å². The molecule has 0 bridgehead atoms. The standard InChI is InChI=1S/C40H40N2O13/c1-15-10-18-11-23(43)29-30(26(18)33(47)25(15)39(51)41-14-17-6-8-19(52-3)9-7-17)32(46)21-12-20-27(34(48)28(21)35(29)49)24(44)13-22(31(20)45)42-40-38(54-5)36(50)37(53-4)16(2)55-40/h6-10,12-13,16,23,29-30,36-38,40,42-43,47-48,50H,11,14H2,1-5H3,(H,41,51)/t16-,23+,29?,30?,36+,37-,38+,40-/m0/s1. The van der Waals surface area contributed by atoms with Crippen molar-refractivity contribution in [1.82, 2.24) is 10.6 Å². The van der Waals surface area contributed by atoms with Gasteiger partial charge in [-0.25, -0.2) is 0 Å². The number of nitrogens with one attached hydrogen (secondary N) is 2. The Balaban J connectivity index is 1.24. The van der Waals surface area contributed by atoms with E-state index < -0.39 is 106 Å². The molecule has 15 heteroatoms. The smallest absolute Gasteiger partial charge is 0.255 e. The van der Waals surface area contributed by atoms with Crippen LogP contribution in [-0.4, -0.2) is 108 Å². The molecule has 3 aromatic rings. The number of hydrogen-bond donors (Lipinski definition) is 6. The number of phenols is 2. The summed E-state index contributed by atoms with van der Waals surface area (Å²) >= 11 is 0. The number of ether oxygens (including phenoxy) is 4. The maximum Gasteiger partial charge on any atom is 0.255 e. The molecule has 2 unspecified atom stereocenters. The van der Waals surface area contributed by atoms with Crippen LogP contribution in [0.1, 0.15) is 86.9 Å². The lowest BCUT2D eigenvalue weighted by Gasteiger charge is -2.43. The van der Waals surface area contributed by atoms with Crippen LogP contribution in [-0.2, 0) is 27.2 Å². The molecule has 7 rings (SSSR count). The van der Waals surface area contributed by atoms with E-state index in [0.717, 1.165) is 17.7 Å². The highest BCUT2D eigenvalue weighted by atomic mass is 16.6. The zero-order valence-corrected chi connectivity index (χ0v) is 30.5. The Morgan fingerprint density at radius 2 is 1.60 bits per heavy atom. The van der Waals surface area contributed by atoms with Crippen molar-refractivity contribution >= 4 is 29.0 Å². The van der Waals surface area contributed by atoms with Crippen LogP contribution >= 0.6 is 0 Å². The van der Waals surface area contributed by atoms with Crippen molar-refractivity contribution in [2.24, 2.45) is 5.92 Å². The first-order valence-corrected chi connectivity index (χ1v) is 17.6. The van der Waals surface area contributed by atoms with Crippen LogP contribution < -0.4 is 15.4 Å². The summed E-state index contributed by atoms with van der Waals surface area (Å²) in [4.78, 5) is 69.8. The number of aryl methyl sites for hydroxylation is 1. The van der Waals surface area contributed by atoms with E-state index in [1.807, 2.05) is 0 Å². The van der Waals surface area contributed by atoms with Crippen molar-refractivity contribution in [2.75, 3.05) is 21.3 Å². The van der Waals surface area contributed by atoms with Crippen LogP contribution in [0.15, 0.2) is 48.2 Å². The molecule has 8 atom stereocenters. The largest absolute Gasteiger partial charge is 0.507 e. The predicted octanol–water partition coefficient (Wildman–Crippen LogP) is 2.03.